The molecule has 0 saturated heterocycles. The lowest BCUT2D eigenvalue weighted by Gasteiger charge is -2.17. The van der Waals surface area contributed by atoms with Crippen molar-refractivity contribution in [1.82, 2.24) is 5.32 Å². The van der Waals surface area contributed by atoms with Gasteiger partial charge in [-0.2, -0.15) is 0 Å². The van der Waals surface area contributed by atoms with Gasteiger partial charge >= 0.3 is 0 Å². The SMILES string of the molecule is Cc1ccsc1C(C)NCCC(O)C(C)C. The van der Waals surface area contributed by atoms with Gasteiger partial charge in [-0.3, -0.25) is 0 Å². The zero-order valence-corrected chi connectivity index (χ0v) is 11.5. The normalized spacial score (nSPS) is 15.4. The van der Waals surface area contributed by atoms with Crippen molar-refractivity contribution < 1.29 is 5.11 Å². The fraction of sp³-hybridized carbons (Fsp3) is 0.692. The van der Waals surface area contributed by atoms with Gasteiger partial charge in [-0.15, -0.1) is 11.3 Å². The second-order valence-corrected chi connectivity index (χ2v) is 5.69. The van der Waals surface area contributed by atoms with Gasteiger partial charge in [0.1, 0.15) is 0 Å². The van der Waals surface area contributed by atoms with E-state index in [1.165, 1.54) is 10.4 Å². The summed E-state index contributed by atoms with van der Waals surface area (Å²) < 4.78 is 0. The van der Waals surface area contributed by atoms with Crippen molar-refractivity contribution in [3.8, 4) is 0 Å². The van der Waals surface area contributed by atoms with E-state index < -0.39 is 0 Å². The van der Waals surface area contributed by atoms with Crippen LogP contribution in [0.25, 0.3) is 0 Å². The summed E-state index contributed by atoms with van der Waals surface area (Å²) in [7, 11) is 0. The molecule has 0 saturated carbocycles. The van der Waals surface area contributed by atoms with Crippen molar-refractivity contribution in [3.05, 3.63) is 21.9 Å². The number of aryl methyl sites for hydroxylation is 1. The molecule has 1 rings (SSSR count). The Balaban J connectivity index is 2.31. The van der Waals surface area contributed by atoms with Crippen molar-refractivity contribution in [1.29, 1.82) is 0 Å². The highest BCUT2D eigenvalue weighted by atomic mass is 32.1. The molecule has 0 aliphatic heterocycles. The summed E-state index contributed by atoms with van der Waals surface area (Å²) in [5, 5.41) is 15.3. The summed E-state index contributed by atoms with van der Waals surface area (Å²) in [5.41, 5.74) is 1.36. The van der Waals surface area contributed by atoms with Crippen LogP contribution in [-0.2, 0) is 0 Å². The van der Waals surface area contributed by atoms with E-state index >= 15 is 0 Å². The number of nitrogens with one attached hydrogen (secondary N) is 1. The molecule has 0 spiro atoms. The van der Waals surface area contributed by atoms with Crippen LogP contribution in [0, 0.1) is 12.8 Å². The number of rotatable bonds is 6. The Morgan fingerprint density at radius 1 is 1.38 bits per heavy atom. The summed E-state index contributed by atoms with van der Waals surface area (Å²) in [4.78, 5) is 1.40. The lowest BCUT2D eigenvalue weighted by Crippen LogP contribution is -2.25. The van der Waals surface area contributed by atoms with E-state index in [9.17, 15) is 5.11 Å². The molecule has 2 N–H and O–H groups in total. The summed E-state index contributed by atoms with van der Waals surface area (Å²) in [6, 6.07) is 2.54. The van der Waals surface area contributed by atoms with Crippen molar-refractivity contribution >= 4 is 11.3 Å². The average Bonchev–Trinajstić information content (AvgIpc) is 2.64. The first-order chi connectivity index (χ1) is 7.52. The topological polar surface area (TPSA) is 32.3 Å². The average molecular weight is 241 g/mol. The Kier molecular flexibility index (Phi) is 5.46. The molecule has 3 heteroatoms. The van der Waals surface area contributed by atoms with Gasteiger partial charge in [0.25, 0.3) is 0 Å². The van der Waals surface area contributed by atoms with Crippen LogP contribution in [-0.4, -0.2) is 17.8 Å². The van der Waals surface area contributed by atoms with Crippen LogP contribution in [0.4, 0.5) is 0 Å². The van der Waals surface area contributed by atoms with E-state index in [4.69, 9.17) is 0 Å². The number of aliphatic hydroxyl groups is 1. The second kappa shape index (κ2) is 6.38. The van der Waals surface area contributed by atoms with Crippen LogP contribution in [0.1, 0.15) is 43.7 Å². The maximum Gasteiger partial charge on any atom is 0.0575 e. The summed E-state index contributed by atoms with van der Waals surface area (Å²) in [6.07, 6.45) is 0.635. The summed E-state index contributed by atoms with van der Waals surface area (Å²) in [6.45, 7) is 9.31. The third kappa shape index (κ3) is 3.89. The lowest BCUT2D eigenvalue weighted by molar-refractivity contribution is 0.115. The molecule has 1 heterocycles. The predicted molar refractivity (Wildman–Crippen MR) is 70.9 cm³/mol. The van der Waals surface area contributed by atoms with Gasteiger partial charge in [-0.05, 0) is 49.7 Å². The Labute approximate surface area is 103 Å². The molecular weight excluding hydrogens is 218 g/mol. The fourth-order valence-corrected chi connectivity index (χ4v) is 2.66. The highest BCUT2D eigenvalue weighted by Crippen LogP contribution is 2.23. The van der Waals surface area contributed by atoms with Crippen molar-refractivity contribution in [2.45, 2.75) is 46.3 Å². The highest BCUT2D eigenvalue weighted by molar-refractivity contribution is 7.10. The van der Waals surface area contributed by atoms with E-state index in [0.717, 1.165) is 13.0 Å². The molecule has 2 nitrogen and oxygen atoms in total. The smallest absolute Gasteiger partial charge is 0.0575 e. The fourth-order valence-electron chi connectivity index (χ4n) is 1.70. The third-order valence-corrected chi connectivity index (χ3v) is 4.16. The molecule has 92 valence electrons. The number of aliphatic hydroxyl groups excluding tert-OH is 1. The second-order valence-electron chi connectivity index (χ2n) is 4.74. The van der Waals surface area contributed by atoms with Crippen LogP contribution in [0.15, 0.2) is 11.4 Å². The predicted octanol–water partition coefficient (Wildman–Crippen LogP) is 3.11. The Morgan fingerprint density at radius 3 is 2.56 bits per heavy atom. The lowest BCUT2D eigenvalue weighted by atomic mass is 10.0. The standard InChI is InChI=1S/C13H23NOS/c1-9(2)12(15)5-7-14-11(4)13-10(3)6-8-16-13/h6,8-9,11-12,14-15H,5,7H2,1-4H3. The third-order valence-electron chi connectivity index (χ3n) is 2.96. The van der Waals surface area contributed by atoms with E-state index in [0.29, 0.717) is 12.0 Å². The number of thiophene rings is 1. The minimum absolute atomic E-state index is 0.191. The highest BCUT2D eigenvalue weighted by Gasteiger charge is 2.11. The molecule has 0 radical (unpaired) electrons. The molecule has 0 fully saturated rings. The van der Waals surface area contributed by atoms with Gasteiger partial charge in [-0.1, -0.05) is 13.8 Å². The van der Waals surface area contributed by atoms with Gasteiger partial charge in [0.2, 0.25) is 0 Å². The van der Waals surface area contributed by atoms with Crippen LogP contribution in [0.2, 0.25) is 0 Å². The molecule has 1 aromatic rings. The maximum absolute atomic E-state index is 9.69. The van der Waals surface area contributed by atoms with E-state index in [2.05, 4.69) is 44.5 Å². The van der Waals surface area contributed by atoms with Gasteiger partial charge in [0, 0.05) is 10.9 Å². The minimum Gasteiger partial charge on any atom is -0.393 e. The molecule has 0 aliphatic rings. The zero-order chi connectivity index (χ0) is 12.1. The Morgan fingerprint density at radius 2 is 2.06 bits per heavy atom. The van der Waals surface area contributed by atoms with Crippen LogP contribution in [0.5, 0.6) is 0 Å². The van der Waals surface area contributed by atoms with Crippen molar-refractivity contribution in [2.24, 2.45) is 5.92 Å². The minimum atomic E-state index is -0.191. The Bertz CT molecular complexity index is 309. The first-order valence-corrected chi connectivity index (χ1v) is 6.85. The zero-order valence-electron chi connectivity index (χ0n) is 10.7. The van der Waals surface area contributed by atoms with Crippen LogP contribution < -0.4 is 5.32 Å². The summed E-state index contributed by atoms with van der Waals surface area (Å²) >= 11 is 1.80. The maximum atomic E-state index is 9.69. The van der Waals surface area contributed by atoms with E-state index in [1.54, 1.807) is 11.3 Å². The van der Waals surface area contributed by atoms with Gasteiger partial charge in [-0.25, -0.2) is 0 Å². The van der Waals surface area contributed by atoms with E-state index in [-0.39, 0.29) is 6.10 Å². The molecule has 0 bridgehead atoms. The van der Waals surface area contributed by atoms with E-state index in [1.807, 2.05) is 0 Å². The molecule has 16 heavy (non-hydrogen) atoms. The monoisotopic (exact) mass is 241 g/mol. The Hall–Kier alpha value is -0.380. The molecule has 2 atom stereocenters. The number of hydrogen-bond acceptors (Lipinski definition) is 3. The largest absolute Gasteiger partial charge is 0.393 e. The molecular formula is C13H23NOS. The van der Waals surface area contributed by atoms with Crippen LogP contribution >= 0.6 is 11.3 Å². The molecule has 1 aromatic heterocycles. The first kappa shape index (κ1) is 13.7. The van der Waals surface area contributed by atoms with Gasteiger partial charge < -0.3 is 10.4 Å². The van der Waals surface area contributed by atoms with Crippen LogP contribution in [0.3, 0.4) is 0 Å². The van der Waals surface area contributed by atoms with Crippen molar-refractivity contribution in [2.75, 3.05) is 6.54 Å². The quantitative estimate of drug-likeness (QED) is 0.802. The molecule has 0 amide bonds. The van der Waals surface area contributed by atoms with Gasteiger partial charge in [0.05, 0.1) is 6.10 Å². The molecule has 0 aromatic carbocycles. The number of hydrogen-bond donors (Lipinski definition) is 2. The van der Waals surface area contributed by atoms with Crippen molar-refractivity contribution in [3.63, 3.8) is 0 Å². The van der Waals surface area contributed by atoms with Gasteiger partial charge in [0.15, 0.2) is 0 Å². The first-order valence-electron chi connectivity index (χ1n) is 5.97. The molecule has 2 unspecified atom stereocenters. The molecule has 0 aliphatic carbocycles. The summed E-state index contributed by atoms with van der Waals surface area (Å²) in [5.74, 6) is 0.348.